The normalized spacial score (nSPS) is 20.3. The average molecular weight is 455 g/mol. The molecule has 2 aromatic rings. The summed E-state index contributed by atoms with van der Waals surface area (Å²) in [5.41, 5.74) is 0. The number of piperidine rings is 1. The number of sulfonamides is 1. The molecule has 1 atom stereocenters. The minimum Gasteiger partial charge on any atom is -0.486 e. The van der Waals surface area contributed by atoms with Gasteiger partial charge in [-0.2, -0.15) is 0 Å². The molecule has 4 rings (SSSR count). The van der Waals surface area contributed by atoms with Gasteiger partial charge in [-0.1, -0.05) is 11.6 Å². The Kier molecular flexibility index (Phi) is 6.48. The summed E-state index contributed by atoms with van der Waals surface area (Å²) in [6, 6.07) is 10.2. The SMILES string of the molecule is O=S(=O)(NCC1CCN(CC2COc3ccc(Cl)cc3O2)CC1)c1ccc(F)cc1. The van der Waals surface area contributed by atoms with Crippen molar-refractivity contribution < 1.29 is 22.3 Å². The van der Waals surface area contributed by atoms with E-state index in [-0.39, 0.29) is 16.9 Å². The van der Waals surface area contributed by atoms with Gasteiger partial charge in [0.25, 0.3) is 0 Å². The van der Waals surface area contributed by atoms with E-state index in [1.54, 1.807) is 12.1 Å². The number of hydrogen-bond donors (Lipinski definition) is 1. The van der Waals surface area contributed by atoms with Gasteiger partial charge in [0.2, 0.25) is 10.0 Å². The van der Waals surface area contributed by atoms with Crippen LogP contribution in [0.2, 0.25) is 5.02 Å². The van der Waals surface area contributed by atoms with Crippen molar-refractivity contribution in [1.82, 2.24) is 9.62 Å². The first-order chi connectivity index (χ1) is 14.4. The zero-order valence-electron chi connectivity index (χ0n) is 16.4. The summed E-state index contributed by atoms with van der Waals surface area (Å²) in [6.07, 6.45) is 1.72. The largest absolute Gasteiger partial charge is 0.486 e. The summed E-state index contributed by atoms with van der Waals surface area (Å²) >= 11 is 6.03. The van der Waals surface area contributed by atoms with Crippen molar-refractivity contribution in [2.75, 3.05) is 32.8 Å². The van der Waals surface area contributed by atoms with Crippen LogP contribution in [0.5, 0.6) is 11.5 Å². The maximum absolute atomic E-state index is 13.0. The maximum atomic E-state index is 13.0. The molecule has 0 bridgehead atoms. The van der Waals surface area contributed by atoms with Gasteiger partial charge in [0.05, 0.1) is 4.90 Å². The number of benzene rings is 2. The van der Waals surface area contributed by atoms with Crippen LogP contribution >= 0.6 is 11.6 Å². The van der Waals surface area contributed by atoms with Crippen molar-refractivity contribution in [3.05, 3.63) is 53.3 Å². The number of nitrogens with one attached hydrogen (secondary N) is 1. The fourth-order valence-electron chi connectivity index (χ4n) is 3.77. The van der Waals surface area contributed by atoms with Crippen LogP contribution < -0.4 is 14.2 Å². The number of halogens is 2. The highest BCUT2D eigenvalue weighted by Crippen LogP contribution is 2.34. The Balaban J connectivity index is 1.23. The van der Waals surface area contributed by atoms with Crippen LogP contribution in [0.3, 0.4) is 0 Å². The zero-order chi connectivity index (χ0) is 21.1. The Bertz CT molecular complexity index is 979. The van der Waals surface area contributed by atoms with E-state index in [1.807, 2.05) is 6.07 Å². The quantitative estimate of drug-likeness (QED) is 0.725. The van der Waals surface area contributed by atoms with E-state index >= 15 is 0 Å². The van der Waals surface area contributed by atoms with E-state index in [2.05, 4.69) is 9.62 Å². The van der Waals surface area contributed by atoms with Crippen molar-refractivity contribution in [3.63, 3.8) is 0 Å². The number of ether oxygens (including phenoxy) is 2. The Labute approximate surface area is 181 Å². The van der Waals surface area contributed by atoms with Gasteiger partial charge in [0, 0.05) is 24.2 Å². The first-order valence-corrected chi connectivity index (χ1v) is 11.8. The third-order valence-electron chi connectivity index (χ3n) is 5.48. The van der Waals surface area contributed by atoms with E-state index in [0.29, 0.717) is 29.7 Å². The van der Waals surface area contributed by atoms with E-state index in [9.17, 15) is 12.8 Å². The lowest BCUT2D eigenvalue weighted by molar-refractivity contribution is 0.0481. The fraction of sp³-hybridized carbons (Fsp3) is 0.429. The highest BCUT2D eigenvalue weighted by molar-refractivity contribution is 7.89. The van der Waals surface area contributed by atoms with Gasteiger partial charge < -0.3 is 9.47 Å². The summed E-state index contributed by atoms with van der Waals surface area (Å²) in [7, 11) is -3.62. The molecule has 2 aliphatic rings. The van der Waals surface area contributed by atoms with Crippen LogP contribution in [0, 0.1) is 11.7 Å². The zero-order valence-corrected chi connectivity index (χ0v) is 18.0. The average Bonchev–Trinajstić information content (AvgIpc) is 2.73. The first kappa shape index (κ1) is 21.4. The number of rotatable bonds is 6. The molecule has 1 unspecified atom stereocenters. The molecule has 1 N–H and O–H groups in total. The van der Waals surface area contributed by atoms with Crippen molar-refractivity contribution in [2.24, 2.45) is 5.92 Å². The second-order valence-electron chi connectivity index (χ2n) is 7.69. The molecule has 2 aromatic carbocycles. The number of nitrogens with zero attached hydrogens (tertiary/aromatic N) is 1. The lowest BCUT2D eigenvalue weighted by atomic mass is 9.97. The third-order valence-corrected chi connectivity index (χ3v) is 7.15. The van der Waals surface area contributed by atoms with Gasteiger partial charge in [0.15, 0.2) is 11.5 Å². The molecule has 0 spiro atoms. The second-order valence-corrected chi connectivity index (χ2v) is 9.90. The van der Waals surface area contributed by atoms with Gasteiger partial charge >= 0.3 is 0 Å². The highest BCUT2D eigenvalue weighted by atomic mass is 35.5. The molecular formula is C21H24ClFN2O4S. The predicted octanol–water partition coefficient (Wildman–Crippen LogP) is 3.31. The second kappa shape index (κ2) is 9.09. The molecule has 9 heteroatoms. The number of fused-ring (bicyclic) bond motifs is 1. The molecular weight excluding hydrogens is 431 g/mol. The van der Waals surface area contributed by atoms with Crippen molar-refractivity contribution >= 4 is 21.6 Å². The summed E-state index contributed by atoms with van der Waals surface area (Å²) in [4.78, 5) is 2.39. The Hall–Kier alpha value is -1.87. The first-order valence-electron chi connectivity index (χ1n) is 9.96. The van der Waals surface area contributed by atoms with Gasteiger partial charge in [-0.3, -0.25) is 4.90 Å². The molecule has 0 aromatic heterocycles. The Morgan fingerprint density at radius 3 is 2.57 bits per heavy atom. The lowest BCUT2D eigenvalue weighted by Gasteiger charge is -2.35. The molecule has 0 aliphatic carbocycles. The minimum absolute atomic E-state index is 0.0653. The third kappa shape index (κ3) is 5.24. The predicted molar refractivity (Wildman–Crippen MR) is 112 cm³/mol. The van der Waals surface area contributed by atoms with Gasteiger partial charge in [0.1, 0.15) is 18.5 Å². The smallest absolute Gasteiger partial charge is 0.240 e. The standard InChI is InChI=1S/C21H24ClFN2O4S/c22-16-1-6-20-21(11-16)29-18(14-28-20)13-25-9-7-15(8-10-25)12-24-30(26,27)19-4-2-17(23)3-5-19/h1-6,11,15,18,24H,7-10,12-14H2. The molecule has 1 fully saturated rings. The Morgan fingerprint density at radius 1 is 1.10 bits per heavy atom. The van der Waals surface area contributed by atoms with Crippen molar-refractivity contribution in [2.45, 2.75) is 23.8 Å². The molecule has 6 nitrogen and oxygen atoms in total. The van der Waals surface area contributed by atoms with E-state index < -0.39 is 15.8 Å². The van der Waals surface area contributed by atoms with Crippen molar-refractivity contribution in [3.8, 4) is 11.5 Å². The molecule has 162 valence electrons. The van der Waals surface area contributed by atoms with Crippen LogP contribution in [0.25, 0.3) is 0 Å². The summed E-state index contributed by atoms with van der Waals surface area (Å²) in [6.45, 7) is 3.35. The minimum atomic E-state index is -3.62. The number of hydrogen-bond acceptors (Lipinski definition) is 5. The van der Waals surface area contributed by atoms with E-state index in [1.165, 1.54) is 12.1 Å². The monoisotopic (exact) mass is 454 g/mol. The highest BCUT2D eigenvalue weighted by Gasteiger charge is 2.27. The van der Waals surface area contributed by atoms with Crippen LogP contribution in [-0.4, -0.2) is 52.2 Å². The topological polar surface area (TPSA) is 67.9 Å². The fourth-order valence-corrected chi connectivity index (χ4v) is 5.04. The van der Waals surface area contributed by atoms with Crippen LogP contribution in [0.15, 0.2) is 47.4 Å². The van der Waals surface area contributed by atoms with Crippen LogP contribution in [-0.2, 0) is 10.0 Å². The maximum Gasteiger partial charge on any atom is 0.240 e. The molecule has 2 heterocycles. The van der Waals surface area contributed by atoms with Gasteiger partial charge in [-0.25, -0.2) is 17.5 Å². The Morgan fingerprint density at radius 2 is 1.83 bits per heavy atom. The van der Waals surface area contributed by atoms with E-state index in [0.717, 1.165) is 44.6 Å². The van der Waals surface area contributed by atoms with Crippen molar-refractivity contribution in [1.29, 1.82) is 0 Å². The summed E-state index contributed by atoms with van der Waals surface area (Å²) in [5, 5.41) is 0.613. The van der Waals surface area contributed by atoms with E-state index in [4.69, 9.17) is 21.1 Å². The van der Waals surface area contributed by atoms with Crippen LogP contribution in [0.4, 0.5) is 4.39 Å². The lowest BCUT2D eigenvalue weighted by Crippen LogP contribution is -2.45. The number of likely N-dealkylation sites (tertiary alicyclic amines) is 1. The summed E-state index contributed by atoms with van der Waals surface area (Å²) in [5.74, 6) is 1.19. The van der Waals surface area contributed by atoms with Crippen LogP contribution in [0.1, 0.15) is 12.8 Å². The molecule has 0 radical (unpaired) electrons. The summed E-state index contributed by atoms with van der Waals surface area (Å²) < 4.78 is 52.2. The molecule has 1 saturated heterocycles. The molecule has 0 saturated carbocycles. The molecule has 0 amide bonds. The van der Waals surface area contributed by atoms with Gasteiger partial charge in [-0.15, -0.1) is 0 Å². The molecule has 30 heavy (non-hydrogen) atoms. The van der Waals surface area contributed by atoms with Gasteiger partial charge in [-0.05, 0) is 68.2 Å². The molecule has 2 aliphatic heterocycles.